The van der Waals surface area contributed by atoms with Crippen molar-refractivity contribution in [1.82, 2.24) is 4.57 Å². The number of benzene rings is 3. The van der Waals surface area contributed by atoms with Crippen molar-refractivity contribution in [2.75, 3.05) is 10.2 Å². The third kappa shape index (κ3) is 5.68. The molecule has 0 radical (unpaired) electrons. The summed E-state index contributed by atoms with van der Waals surface area (Å²) in [6.07, 6.45) is -4.62. The number of hydrogen-bond acceptors (Lipinski definition) is 8. The van der Waals surface area contributed by atoms with Gasteiger partial charge in [-0.15, -0.1) is 0 Å². The number of imide groups is 1. The number of nitrogens with zero attached hydrogens (tertiary/aromatic N) is 3. The molecule has 1 aromatic heterocycles. The highest BCUT2D eigenvalue weighted by Crippen LogP contribution is 2.54. The summed E-state index contributed by atoms with van der Waals surface area (Å²) in [7, 11) is 0. The number of fused-ring (bicyclic) bond motifs is 2. The van der Waals surface area contributed by atoms with Gasteiger partial charge in [-0.1, -0.05) is 57.2 Å². The third-order valence-corrected chi connectivity index (χ3v) is 10.4. The SMILES string of the molecule is O=C(Cn1c2c(sc1=O)[C@@H](c1cccc(Br)c1)[C@@H]1C(=O)N(c3ccc([N+](=O)[O-])cc3)C(=O)[C@@H]1S2)Nc1cccc(C(F)(F)F)c1. The highest BCUT2D eigenvalue weighted by Gasteiger charge is 2.57. The third-order valence-electron chi connectivity index (χ3n) is 7.35. The highest BCUT2D eigenvalue weighted by molar-refractivity contribution is 9.10. The van der Waals surface area contributed by atoms with Crippen molar-refractivity contribution in [2.24, 2.45) is 5.92 Å². The molecular weight excluding hydrogens is 701 g/mol. The maximum Gasteiger partial charge on any atom is 0.416 e. The van der Waals surface area contributed by atoms with Gasteiger partial charge >= 0.3 is 11.0 Å². The maximum absolute atomic E-state index is 13.9. The zero-order chi connectivity index (χ0) is 32.2. The molecule has 230 valence electrons. The quantitative estimate of drug-likeness (QED) is 0.146. The largest absolute Gasteiger partial charge is 0.416 e. The van der Waals surface area contributed by atoms with Crippen LogP contribution >= 0.6 is 39.0 Å². The van der Waals surface area contributed by atoms with E-state index in [-0.39, 0.29) is 17.1 Å². The first kappa shape index (κ1) is 30.7. The second-order valence-corrected chi connectivity index (χ2v) is 13.2. The molecule has 4 aromatic rings. The number of halogens is 4. The Kier molecular flexibility index (Phi) is 7.91. The van der Waals surface area contributed by atoms with Crippen molar-refractivity contribution in [3.05, 3.63) is 113 Å². The van der Waals surface area contributed by atoms with E-state index in [4.69, 9.17) is 0 Å². The van der Waals surface area contributed by atoms with Gasteiger partial charge in [0, 0.05) is 33.1 Å². The minimum absolute atomic E-state index is 0.109. The summed E-state index contributed by atoms with van der Waals surface area (Å²) in [4.78, 5) is 65.4. The van der Waals surface area contributed by atoms with Crippen molar-refractivity contribution in [1.29, 1.82) is 0 Å². The van der Waals surface area contributed by atoms with E-state index in [2.05, 4.69) is 21.2 Å². The molecule has 0 spiro atoms. The van der Waals surface area contributed by atoms with E-state index in [0.29, 0.717) is 19.9 Å². The molecule has 2 aliphatic heterocycles. The maximum atomic E-state index is 13.9. The number of carbonyl (C=O) groups excluding carboxylic acids is 3. The van der Waals surface area contributed by atoms with Crippen LogP contribution in [0, 0.1) is 16.0 Å². The van der Waals surface area contributed by atoms with Crippen LogP contribution in [0.2, 0.25) is 0 Å². The zero-order valence-electron chi connectivity index (χ0n) is 22.5. The topological polar surface area (TPSA) is 132 Å². The number of rotatable bonds is 6. The molecule has 0 aliphatic carbocycles. The predicted octanol–water partition coefficient (Wildman–Crippen LogP) is 6.03. The number of non-ortho nitro benzene ring substituents is 1. The lowest BCUT2D eigenvalue weighted by molar-refractivity contribution is -0.384. The molecule has 3 amide bonds. The Balaban J connectivity index is 1.37. The van der Waals surface area contributed by atoms with Gasteiger partial charge in [-0.05, 0) is 48.0 Å². The van der Waals surface area contributed by atoms with E-state index >= 15 is 0 Å². The molecular formula is C29H18BrF3N4O6S2. The van der Waals surface area contributed by atoms with E-state index in [1.165, 1.54) is 30.3 Å². The molecule has 0 bridgehead atoms. The summed E-state index contributed by atoms with van der Waals surface area (Å²) in [6, 6.07) is 16.1. The normalized spacial score (nSPS) is 19.3. The Hall–Kier alpha value is -4.28. The van der Waals surface area contributed by atoms with Gasteiger partial charge in [-0.3, -0.25) is 33.9 Å². The average Bonchev–Trinajstić information content (AvgIpc) is 3.43. The fourth-order valence-electron chi connectivity index (χ4n) is 5.41. The molecule has 16 heteroatoms. The summed E-state index contributed by atoms with van der Waals surface area (Å²) in [5, 5.41) is 12.8. The molecule has 6 rings (SSSR count). The summed E-state index contributed by atoms with van der Waals surface area (Å²) in [6.45, 7) is -0.551. The summed E-state index contributed by atoms with van der Waals surface area (Å²) in [5.41, 5.74) is -0.492. The molecule has 1 fully saturated rings. The van der Waals surface area contributed by atoms with Gasteiger partial charge in [0.25, 0.3) is 5.69 Å². The predicted molar refractivity (Wildman–Crippen MR) is 163 cm³/mol. The van der Waals surface area contributed by atoms with Crippen molar-refractivity contribution in [3.63, 3.8) is 0 Å². The number of alkyl halides is 3. The van der Waals surface area contributed by atoms with E-state index in [1.807, 2.05) is 0 Å². The second-order valence-electron chi connectivity index (χ2n) is 10.1. The van der Waals surface area contributed by atoms with E-state index in [0.717, 1.165) is 50.8 Å². The number of nitro groups is 1. The number of carbonyl (C=O) groups is 3. The van der Waals surface area contributed by atoms with Crippen LogP contribution in [0.5, 0.6) is 0 Å². The summed E-state index contributed by atoms with van der Waals surface area (Å²) < 4.78 is 41.3. The molecule has 1 N–H and O–H groups in total. The van der Waals surface area contributed by atoms with Crippen LogP contribution in [0.1, 0.15) is 21.9 Å². The Labute approximate surface area is 268 Å². The number of amides is 3. The standard InChI is InChI=1S/C29H18BrF3N4O6S2/c30-16-5-1-3-14(11-16)21-22-23(26(40)36(25(22)39)18-7-9-19(10-8-18)37(42)43)44-27-24(21)45-28(41)35(27)13-20(38)34-17-6-2-4-15(12-17)29(31,32)33/h1-12,21-23H,13H2,(H,34,38)/t21-,22-,23+/m0/s1. The van der Waals surface area contributed by atoms with Crippen LogP contribution in [0.25, 0.3) is 0 Å². The molecule has 3 atom stereocenters. The Morgan fingerprint density at radius 1 is 1.00 bits per heavy atom. The molecule has 10 nitrogen and oxygen atoms in total. The Morgan fingerprint density at radius 2 is 1.71 bits per heavy atom. The molecule has 45 heavy (non-hydrogen) atoms. The molecule has 1 saturated heterocycles. The molecule has 3 aromatic carbocycles. The van der Waals surface area contributed by atoms with E-state index in [1.54, 1.807) is 24.3 Å². The first-order valence-electron chi connectivity index (χ1n) is 13.1. The number of nitro benzene ring substituents is 1. The lowest BCUT2D eigenvalue weighted by atomic mass is 9.83. The minimum atomic E-state index is -4.62. The average molecular weight is 720 g/mol. The molecule has 3 heterocycles. The second kappa shape index (κ2) is 11.6. The number of thioether (sulfide) groups is 1. The lowest BCUT2D eigenvalue weighted by Crippen LogP contribution is -2.33. The Morgan fingerprint density at radius 3 is 2.38 bits per heavy atom. The fourth-order valence-corrected chi connectivity index (χ4v) is 8.60. The number of hydrogen-bond donors (Lipinski definition) is 1. The minimum Gasteiger partial charge on any atom is -0.325 e. The number of thiazole rings is 1. The van der Waals surface area contributed by atoms with Crippen LogP contribution in [-0.4, -0.2) is 32.5 Å². The van der Waals surface area contributed by atoms with E-state index in [9.17, 15) is 42.5 Å². The van der Waals surface area contributed by atoms with Crippen molar-refractivity contribution >= 4 is 73.8 Å². The van der Waals surface area contributed by atoms with Gasteiger partial charge < -0.3 is 5.32 Å². The van der Waals surface area contributed by atoms with Crippen molar-refractivity contribution < 1.29 is 32.5 Å². The fraction of sp³-hybridized carbons (Fsp3) is 0.172. The smallest absolute Gasteiger partial charge is 0.325 e. The first-order chi connectivity index (χ1) is 21.3. The van der Waals surface area contributed by atoms with Gasteiger partial charge in [0.15, 0.2) is 0 Å². The summed E-state index contributed by atoms with van der Waals surface area (Å²) in [5.74, 6) is -3.59. The van der Waals surface area contributed by atoms with Crippen LogP contribution < -0.4 is 15.1 Å². The molecule has 0 unspecified atom stereocenters. The lowest BCUT2D eigenvalue weighted by Gasteiger charge is -2.30. The van der Waals surface area contributed by atoms with Crippen LogP contribution in [-0.2, 0) is 27.1 Å². The van der Waals surface area contributed by atoms with Gasteiger partial charge in [-0.25, -0.2) is 4.90 Å². The zero-order valence-corrected chi connectivity index (χ0v) is 25.7. The van der Waals surface area contributed by atoms with Crippen molar-refractivity contribution in [3.8, 4) is 0 Å². The van der Waals surface area contributed by atoms with Gasteiger partial charge in [0.2, 0.25) is 17.7 Å². The molecule has 0 saturated carbocycles. The van der Waals surface area contributed by atoms with Gasteiger partial charge in [0.1, 0.15) is 11.8 Å². The van der Waals surface area contributed by atoms with Crippen molar-refractivity contribution in [2.45, 2.75) is 28.9 Å². The van der Waals surface area contributed by atoms with Crippen LogP contribution in [0.3, 0.4) is 0 Å². The first-order valence-corrected chi connectivity index (χ1v) is 15.6. The van der Waals surface area contributed by atoms with Gasteiger partial charge in [-0.2, -0.15) is 13.2 Å². The Bertz CT molecular complexity index is 1950. The number of anilines is 2. The summed E-state index contributed by atoms with van der Waals surface area (Å²) >= 11 is 5.21. The van der Waals surface area contributed by atoms with Crippen LogP contribution in [0.4, 0.5) is 30.2 Å². The van der Waals surface area contributed by atoms with Crippen LogP contribution in [0.15, 0.2) is 87.1 Å². The molecule has 2 aliphatic rings. The monoisotopic (exact) mass is 718 g/mol. The van der Waals surface area contributed by atoms with E-state index < -0.39 is 62.9 Å². The number of aromatic nitrogens is 1. The number of nitrogens with one attached hydrogen (secondary N) is 1. The van der Waals surface area contributed by atoms with Gasteiger partial charge in [0.05, 0.1) is 27.1 Å². The highest BCUT2D eigenvalue weighted by atomic mass is 79.9.